The fraction of sp³-hybridized carbons (Fsp3) is 0.933. The van der Waals surface area contributed by atoms with Crippen molar-refractivity contribution in [2.75, 3.05) is 26.7 Å². The number of hydrogen-bond acceptors (Lipinski definition) is 4. The van der Waals surface area contributed by atoms with Crippen molar-refractivity contribution < 1.29 is 14.6 Å². The predicted molar refractivity (Wildman–Crippen MR) is 80.0 cm³/mol. The number of carboxylic acids is 1. The number of nitrogens with zero attached hydrogens (tertiary/aromatic N) is 1. The van der Waals surface area contributed by atoms with Crippen LogP contribution < -0.4 is 5.32 Å². The number of unbranched alkanes of at least 4 members (excludes halogenated alkanes) is 1. The lowest BCUT2D eigenvalue weighted by molar-refractivity contribution is -0.144. The van der Waals surface area contributed by atoms with E-state index in [4.69, 9.17) is 4.74 Å². The zero-order valence-electron chi connectivity index (χ0n) is 13.5. The minimum Gasteiger partial charge on any atom is -0.480 e. The van der Waals surface area contributed by atoms with Crippen LogP contribution in [-0.2, 0) is 9.53 Å². The lowest BCUT2D eigenvalue weighted by Gasteiger charge is -2.41. The van der Waals surface area contributed by atoms with Gasteiger partial charge in [-0.15, -0.1) is 0 Å². The van der Waals surface area contributed by atoms with Crippen molar-refractivity contribution in [1.29, 1.82) is 0 Å². The molecule has 118 valence electrons. The molecular weight excluding hydrogens is 256 g/mol. The van der Waals surface area contributed by atoms with Gasteiger partial charge in [-0.2, -0.15) is 0 Å². The van der Waals surface area contributed by atoms with Crippen LogP contribution in [0.1, 0.15) is 47.0 Å². The van der Waals surface area contributed by atoms with Crippen LogP contribution in [-0.4, -0.2) is 59.9 Å². The van der Waals surface area contributed by atoms with Crippen molar-refractivity contribution in [2.45, 2.75) is 64.2 Å². The maximum Gasteiger partial charge on any atom is 0.323 e. The van der Waals surface area contributed by atoms with E-state index in [0.717, 1.165) is 32.5 Å². The van der Waals surface area contributed by atoms with Gasteiger partial charge in [0.15, 0.2) is 0 Å². The Hall–Kier alpha value is -0.650. The van der Waals surface area contributed by atoms with E-state index in [0.29, 0.717) is 6.42 Å². The van der Waals surface area contributed by atoms with Crippen LogP contribution in [0.2, 0.25) is 0 Å². The van der Waals surface area contributed by atoms with Gasteiger partial charge in [-0.25, -0.2) is 0 Å². The maximum absolute atomic E-state index is 11.2. The summed E-state index contributed by atoms with van der Waals surface area (Å²) in [5, 5.41) is 12.1. The highest BCUT2D eigenvalue weighted by Crippen LogP contribution is 2.21. The molecule has 0 aromatic rings. The maximum atomic E-state index is 11.2. The summed E-state index contributed by atoms with van der Waals surface area (Å²) in [6.45, 7) is 11.0. The van der Waals surface area contributed by atoms with E-state index in [1.165, 1.54) is 0 Å². The Bertz CT molecular complexity index is 333. The average Bonchev–Trinajstić information content (AvgIpc) is 2.31. The van der Waals surface area contributed by atoms with Crippen LogP contribution in [0.5, 0.6) is 0 Å². The minimum atomic E-state index is -0.808. The summed E-state index contributed by atoms with van der Waals surface area (Å²) in [6, 6.07) is 0. The van der Waals surface area contributed by atoms with Gasteiger partial charge in [0.2, 0.25) is 0 Å². The fourth-order valence-electron chi connectivity index (χ4n) is 2.91. The monoisotopic (exact) mass is 286 g/mol. The number of morpholine rings is 1. The number of likely N-dealkylation sites (N-methyl/N-ethyl adjacent to an activating group) is 1. The van der Waals surface area contributed by atoms with Crippen molar-refractivity contribution in [2.24, 2.45) is 0 Å². The molecule has 2 atom stereocenters. The summed E-state index contributed by atoms with van der Waals surface area (Å²) in [5.41, 5.74) is -0.893. The van der Waals surface area contributed by atoms with Gasteiger partial charge in [0.25, 0.3) is 0 Å². The van der Waals surface area contributed by atoms with Crippen molar-refractivity contribution >= 4 is 5.97 Å². The highest BCUT2D eigenvalue weighted by Gasteiger charge is 2.32. The van der Waals surface area contributed by atoms with Gasteiger partial charge in [0, 0.05) is 13.1 Å². The van der Waals surface area contributed by atoms with Crippen LogP contribution in [0.4, 0.5) is 0 Å². The summed E-state index contributed by atoms with van der Waals surface area (Å²) in [5.74, 6) is -0.777. The van der Waals surface area contributed by atoms with Gasteiger partial charge in [0.1, 0.15) is 5.54 Å². The Morgan fingerprint density at radius 3 is 2.65 bits per heavy atom. The molecule has 0 bridgehead atoms. The largest absolute Gasteiger partial charge is 0.480 e. The summed E-state index contributed by atoms with van der Waals surface area (Å²) in [4.78, 5) is 13.6. The zero-order valence-corrected chi connectivity index (χ0v) is 13.5. The number of aliphatic carboxylic acids is 1. The average molecular weight is 286 g/mol. The number of carboxylic acid groups (broad SMARTS) is 1. The van der Waals surface area contributed by atoms with Crippen LogP contribution in [0.25, 0.3) is 0 Å². The first-order valence-corrected chi connectivity index (χ1v) is 7.51. The fourth-order valence-corrected chi connectivity index (χ4v) is 2.91. The SMILES string of the molecule is CNC(C)(CCCCN1CC(C)OC(C)(C)C1)C(=O)O. The zero-order chi connectivity index (χ0) is 15.4. The number of ether oxygens (including phenoxy) is 1. The molecule has 0 aliphatic carbocycles. The third-order valence-corrected chi connectivity index (χ3v) is 4.06. The molecule has 5 heteroatoms. The Labute approximate surface area is 122 Å². The van der Waals surface area contributed by atoms with E-state index < -0.39 is 11.5 Å². The molecule has 0 amide bonds. The van der Waals surface area contributed by atoms with E-state index in [-0.39, 0.29) is 11.7 Å². The topological polar surface area (TPSA) is 61.8 Å². The van der Waals surface area contributed by atoms with Gasteiger partial charge in [0.05, 0.1) is 11.7 Å². The Balaban J connectivity index is 2.32. The second-order valence-electron chi connectivity index (χ2n) is 6.77. The first-order valence-electron chi connectivity index (χ1n) is 7.51. The van der Waals surface area contributed by atoms with Crippen LogP contribution in [0.15, 0.2) is 0 Å². The van der Waals surface area contributed by atoms with Gasteiger partial charge in [-0.3, -0.25) is 9.69 Å². The van der Waals surface area contributed by atoms with Crippen molar-refractivity contribution in [3.05, 3.63) is 0 Å². The number of hydrogen-bond donors (Lipinski definition) is 2. The lowest BCUT2D eigenvalue weighted by atomic mass is 9.95. The van der Waals surface area contributed by atoms with E-state index in [9.17, 15) is 9.90 Å². The molecular formula is C15H30N2O3. The molecule has 2 unspecified atom stereocenters. The standard InChI is InChI=1S/C15H30N2O3/c1-12-10-17(11-14(2,3)20-12)9-7-6-8-15(4,16-5)13(18)19/h12,16H,6-11H2,1-5H3,(H,18,19). The molecule has 1 heterocycles. The first kappa shape index (κ1) is 17.4. The van der Waals surface area contributed by atoms with Crippen molar-refractivity contribution in [1.82, 2.24) is 10.2 Å². The molecule has 0 spiro atoms. The van der Waals surface area contributed by atoms with Crippen molar-refractivity contribution in [3.63, 3.8) is 0 Å². The predicted octanol–water partition coefficient (Wildman–Crippen LogP) is 1.72. The molecule has 1 aliphatic heterocycles. The van der Waals surface area contributed by atoms with Crippen LogP contribution in [0, 0.1) is 0 Å². The Morgan fingerprint density at radius 1 is 1.50 bits per heavy atom. The smallest absolute Gasteiger partial charge is 0.323 e. The third kappa shape index (κ3) is 5.04. The molecule has 0 radical (unpaired) electrons. The molecule has 20 heavy (non-hydrogen) atoms. The van der Waals surface area contributed by atoms with Crippen LogP contribution in [0.3, 0.4) is 0 Å². The third-order valence-electron chi connectivity index (χ3n) is 4.06. The van der Waals surface area contributed by atoms with Crippen molar-refractivity contribution in [3.8, 4) is 0 Å². The summed E-state index contributed by atoms with van der Waals surface area (Å²) in [6.07, 6.45) is 2.85. The normalized spacial score (nSPS) is 26.1. The minimum absolute atomic E-state index is 0.0851. The molecule has 1 fully saturated rings. The Morgan fingerprint density at radius 2 is 2.15 bits per heavy atom. The second-order valence-corrected chi connectivity index (χ2v) is 6.77. The summed E-state index contributed by atoms with van der Waals surface area (Å²) < 4.78 is 5.88. The molecule has 1 rings (SSSR count). The highest BCUT2D eigenvalue weighted by atomic mass is 16.5. The molecule has 0 aromatic heterocycles. The van der Waals surface area contributed by atoms with Gasteiger partial charge in [-0.05, 0) is 60.5 Å². The van der Waals surface area contributed by atoms with Crippen LogP contribution >= 0.6 is 0 Å². The van der Waals surface area contributed by atoms with Gasteiger partial charge >= 0.3 is 5.97 Å². The molecule has 2 N–H and O–H groups in total. The van der Waals surface area contributed by atoms with E-state index >= 15 is 0 Å². The van der Waals surface area contributed by atoms with E-state index in [1.807, 2.05) is 0 Å². The number of carbonyl (C=O) groups is 1. The number of rotatable bonds is 7. The Kier molecular flexibility index (Phi) is 5.98. The van der Waals surface area contributed by atoms with Gasteiger partial charge < -0.3 is 15.2 Å². The van der Waals surface area contributed by atoms with Gasteiger partial charge in [-0.1, -0.05) is 0 Å². The number of nitrogens with one attached hydrogen (secondary N) is 1. The highest BCUT2D eigenvalue weighted by molar-refractivity contribution is 5.78. The lowest BCUT2D eigenvalue weighted by Crippen LogP contribution is -2.52. The molecule has 5 nitrogen and oxygen atoms in total. The van der Waals surface area contributed by atoms with E-state index in [1.54, 1.807) is 14.0 Å². The second kappa shape index (κ2) is 6.87. The molecule has 0 saturated carbocycles. The van der Waals surface area contributed by atoms with E-state index in [2.05, 4.69) is 31.0 Å². The summed E-state index contributed by atoms with van der Waals surface area (Å²) >= 11 is 0. The molecule has 1 saturated heterocycles. The first-order chi connectivity index (χ1) is 9.18. The summed E-state index contributed by atoms with van der Waals surface area (Å²) in [7, 11) is 1.71. The quantitative estimate of drug-likeness (QED) is 0.698. The molecule has 1 aliphatic rings. The molecule has 0 aromatic carbocycles.